The standard InChI is InChI=1S/C15H7ClFN3O/c16-15-19-12-4-2-1-3-10(12)14(20-15)21-13-6-5-9(8-18)7-11(13)17/h1-7H. The van der Waals surface area contributed by atoms with Crippen molar-refractivity contribution in [3.63, 3.8) is 0 Å². The second-order valence-electron chi connectivity index (χ2n) is 4.17. The van der Waals surface area contributed by atoms with Crippen LogP contribution in [0.25, 0.3) is 10.9 Å². The Hall–Kier alpha value is -2.71. The molecule has 1 heterocycles. The van der Waals surface area contributed by atoms with Crippen LogP contribution in [0.15, 0.2) is 42.5 Å². The highest BCUT2D eigenvalue weighted by atomic mass is 35.5. The molecule has 0 amide bonds. The van der Waals surface area contributed by atoms with Crippen LogP contribution < -0.4 is 4.74 Å². The molecule has 6 heteroatoms. The lowest BCUT2D eigenvalue weighted by atomic mass is 10.2. The quantitative estimate of drug-likeness (QED) is 0.669. The van der Waals surface area contributed by atoms with Gasteiger partial charge in [0.1, 0.15) is 0 Å². The molecule has 0 unspecified atom stereocenters. The Morgan fingerprint density at radius 3 is 2.71 bits per heavy atom. The first-order valence-electron chi connectivity index (χ1n) is 5.97. The van der Waals surface area contributed by atoms with E-state index < -0.39 is 5.82 Å². The first-order chi connectivity index (χ1) is 10.2. The van der Waals surface area contributed by atoms with E-state index in [0.717, 1.165) is 6.07 Å². The van der Waals surface area contributed by atoms with Gasteiger partial charge in [0.15, 0.2) is 11.6 Å². The summed E-state index contributed by atoms with van der Waals surface area (Å²) in [6, 6.07) is 12.9. The third-order valence-corrected chi connectivity index (χ3v) is 2.98. The average molecular weight is 300 g/mol. The minimum absolute atomic E-state index is 0.0118. The van der Waals surface area contributed by atoms with Crippen LogP contribution in [0.4, 0.5) is 4.39 Å². The lowest BCUT2D eigenvalue weighted by molar-refractivity contribution is 0.431. The van der Waals surface area contributed by atoms with Crippen molar-refractivity contribution in [2.24, 2.45) is 0 Å². The molecule has 0 spiro atoms. The Morgan fingerprint density at radius 1 is 1.14 bits per heavy atom. The fraction of sp³-hybridized carbons (Fsp3) is 0. The smallest absolute Gasteiger partial charge is 0.231 e. The van der Waals surface area contributed by atoms with Crippen LogP contribution in [0.2, 0.25) is 5.28 Å². The van der Waals surface area contributed by atoms with Crippen molar-refractivity contribution in [3.8, 4) is 17.7 Å². The van der Waals surface area contributed by atoms with E-state index in [9.17, 15) is 4.39 Å². The van der Waals surface area contributed by atoms with Crippen LogP contribution in [-0.2, 0) is 0 Å². The Labute approximate surface area is 124 Å². The maximum absolute atomic E-state index is 13.9. The second kappa shape index (κ2) is 5.35. The number of benzene rings is 2. The van der Waals surface area contributed by atoms with E-state index in [2.05, 4.69) is 9.97 Å². The average Bonchev–Trinajstić information content (AvgIpc) is 2.49. The van der Waals surface area contributed by atoms with Gasteiger partial charge in [-0.2, -0.15) is 10.2 Å². The molecule has 0 saturated carbocycles. The van der Waals surface area contributed by atoms with Gasteiger partial charge in [-0.15, -0.1) is 0 Å². The van der Waals surface area contributed by atoms with Gasteiger partial charge in [0.25, 0.3) is 0 Å². The number of aromatic nitrogens is 2. The molecule has 0 aliphatic heterocycles. The Kier molecular flexibility index (Phi) is 3.38. The van der Waals surface area contributed by atoms with E-state index >= 15 is 0 Å². The van der Waals surface area contributed by atoms with Gasteiger partial charge in [-0.3, -0.25) is 0 Å². The molecule has 1 aromatic heterocycles. The van der Waals surface area contributed by atoms with Gasteiger partial charge in [0.05, 0.1) is 22.5 Å². The first kappa shape index (κ1) is 13.3. The highest BCUT2D eigenvalue weighted by Gasteiger charge is 2.11. The minimum Gasteiger partial charge on any atom is -0.435 e. The summed E-state index contributed by atoms with van der Waals surface area (Å²) in [5.74, 6) is -0.518. The number of ether oxygens (including phenoxy) is 1. The Morgan fingerprint density at radius 2 is 1.95 bits per heavy atom. The summed E-state index contributed by atoms with van der Waals surface area (Å²) in [5.41, 5.74) is 0.812. The molecule has 0 saturated heterocycles. The van der Waals surface area contributed by atoms with Crippen molar-refractivity contribution in [3.05, 3.63) is 59.1 Å². The summed E-state index contributed by atoms with van der Waals surface area (Å²) < 4.78 is 19.4. The SMILES string of the molecule is N#Cc1ccc(Oc2nc(Cl)nc3ccccc23)c(F)c1. The van der Waals surface area contributed by atoms with Crippen molar-refractivity contribution in [1.29, 1.82) is 5.26 Å². The molecular formula is C15H7ClFN3O. The van der Waals surface area contributed by atoms with Crippen molar-refractivity contribution < 1.29 is 9.13 Å². The molecule has 102 valence electrons. The zero-order valence-electron chi connectivity index (χ0n) is 10.5. The summed E-state index contributed by atoms with van der Waals surface area (Å²) in [6.45, 7) is 0. The monoisotopic (exact) mass is 299 g/mol. The van der Waals surface area contributed by atoms with Crippen molar-refractivity contribution in [2.45, 2.75) is 0 Å². The van der Waals surface area contributed by atoms with Crippen molar-refractivity contribution >= 4 is 22.5 Å². The van der Waals surface area contributed by atoms with Gasteiger partial charge in [0, 0.05) is 0 Å². The van der Waals surface area contributed by atoms with E-state index in [-0.39, 0.29) is 22.5 Å². The Bertz CT molecular complexity index is 876. The molecule has 0 aliphatic rings. The maximum Gasteiger partial charge on any atom is 0.231 e. The van der Waals surface area contributed by atoms with Gasteiger partial charge in [-0.1, -0.05) is 12.1 Å². The van der Waals surface area contributed by atoms with E-state index in [0.29, 0.717) is 10.9 Å². The summed E-state index contributed by atoms with van der Waals surface area (Å²) >= 11 is 5.84. The largest absolute Gasteiger partial charge is 0.435 e. The van der Waals surface area contributed by atoms with Crippen molar-refractivity contribution in [1.82, 2.24) is 9.97 Å². The predicted octanol–water partition coefficient (Wildman–Crippen LogP) is 4.09. The zero-order chi connectivity index (χ0) is 14.8. The van der Waals surface area contributed by atoms with Crippen LogP contribution in [0.3, 0.4) is 0 Å². The molecular weight excluding hydrogens is 293 g/mol. The minimum atomic E-state index is -0.645. The third kappa shape index (κ3) is 2.62. The van der Waals surface area contributed by atoms with E-state index in [1.165, 1.54) is 12.1 Å². The van der Waals surface area contributed by atoms with Gasteiger partial charge < -0.3 is 4.74 Å². The van der Waals surface area contributed by atoms with Gasteiger partial charge >= 0.3 is 0 Å². The van der Waals surface area contributed by atoms with Crippen LogP contribution >= 0.6 is 11.6 Å². The number of nitrogens with zero attached hydrogens (tertiary/aromatic N) is 3. The molecule has 3 rings (SSSR count). The van der Waals surface area contributed by atoms with Gasteiger partial charge in [0.2, 0.25) is 11.2 Å². The van der Waals surface area contributed by atoms with Crippen LogP contribution in [0, 0.1) is 17.1 Å². The molecule has 0 bridgehead atoms. The highest BCUT2D eigenvalue weighted by molar-refractivity contribution is 6.28. The van der Waals surface area contributed by atoms with E-state index in [1.54, 1.807) is 24.3 Å². The Balaban J connectivity index is 2.08. The van der Waals surface area contributed by atoms with Gasteiger partial charge in [-0.05, 0) is 41.9 Å². The topological polar surface area (TPSA) is 58.8 Å². The highest BCUT2D eigenvalue weighted by Crippen LogP contribution is 2.30. The molecule has 0 N–H and O–H groups in total. The molecule has 0 radical (unpaired) electrons. The van der Waals surface area contributed by atoms with Crippen LogP contribution in [0.5, 0.6) is 11.6 Å². The fourth-order valence-electron chi connectivity index (χ4n) is 1.86. The normalized spacial score (nSPS) is 10.3. The third-order valence-electron chi connectivity index (χ3n) is 2.81. The lowest BCUT2D eigenvalue weighted by Crippen LogP contribution is -1.95. The summed E-state index contributed by atoms with van der Waals surface area (Å²) in [7, 11) is 0. The van der Waals surface area contributed by atoms with Gasteiger partial charge in [-0.25, -0.2) is 9.37 Å². The predicted molar refractivity (Wildman–Crippen MR) is 75.7 cm³/mol. The second-order valence-corrected chi connectivity index (χ2v) is 4.51. The summed E-state index contributed by atoms with van der Waals surface area (Å²) in [6.07, 6.45) is 0. The number of hydrogen-bond donors (Lipinski definition) is 0. The molecule has 3 aromatic rings. The summed E-state index contributed by atoms with van der Waals surface area (Å²) in [5, 5.41) is 9.35. The van der Waals surface area contributed by atoms with Crippen LogP contribution in [0.1, 0.15) is 5.56 Å². The number of hydrogen-bond acceptors (Lipinski definition) is 4. The molecule has 0 aliphatic carbocycles. The van der Waals surface area contributed by atoms with Crippen LogP contribution in [-0.4, -0.2) is 9.97 Å². The molecule has 21 heavy (non-hydrogen) atoms. The fourth-order valence-corrected chi connectivity index (χ4v) is 2.02. The maximum atomic E-state index is 13.9. The van der Waals surface area contributed by atoms with E-state index in [4.69, 9.17) is 21.6 Å². The lowest BCUT2D eigenvalue weighted by Gasteiger charge is -2.08. The number of nitriles is 1. The zero-order valence-corrected chi connectivity index (χ0v) is 11.3. The number of para-hydroxylation sites is 1. The van der Waals surface area contributed by atoms with E-state index in [1.807, 2.05) is 6.07 Å². The molecule has 4 nitrogen and oxygen atoms in total. The number of halogens is 2. The molecule has 0 atom stereocenters. The number of fused-ring (bicyclic) bond motifs is 1. The van der Waals surface area contributed by atoms with Crippen molar-refractivity contribution in [2.75, 3.05) is 0 Å². The summed E-state index contributed by atoms with van der Waals surface area (Å²) in [4.78, 5) is 8.05. The first-order valence-corrected chi connectivity index (χ1v) is 6.35. The molecule has 2 aromatic carbocycles. The molecule has 0 fully saturated rings. The number of rotatable bonds is 2.